The lowest BCUT2D eigenvalue weighted by Crippen LogP contribution is -2.47. The highest BCUT2D eigenvalue weighted by atomic mass is 127. The maximum atomic E-state index is 14.5. The molecule has 162 valence electrons. The molecule has 3 rings (SSSR count). The summed E-state index contributed by atoms with van der Waals surface area (Å²) in [5, 5.41) is 13.1. The number of rotatable bonds is 9. The van der Waals surface area contributed by atoms with E-state index in [1.54, 1.807) is 6.07 Å². The number of anilines is 2. The van der Waals surface area contributed by atoms with Gasteiger partial charge in [-0.1, -0.05) is 12.8 Å². The molecule has 0 radical (unpaired) electrons. The second-order valence-corrected chi connectivity index (χ2v) is 9.07. The van der Waals surface area contributed by atoms with Crippen molar-refractivity contribution >= 4 is 39.7 Å². The number of nitrogens with two attached hydrogens (primary N) is 1. The Kier molecular flexibility index (Phi) is 7.41. The van der Waals surface area contributed by atoms with E-state index in [1.165, 1.54) is 18.2 Å². The van der Waals surface area contributed by atoms with Gasteiger partial charge in [-0.2, -0.15) is 0 Å². The normalized spacial score (nSPS) is 20.7. The molecule has 4 N–H and O–H groups in total. The van der Waals surface area contributed by atoms with E-state index >= 15 is 0 Å². The second-order valence-electron chi connectivity index (χ2n) is 7.83. The van der Waals surface area contributed by atoms with Crippen LogP contribution in [0.5, 0.6) is 0 Å². The van der Waals surface area contributed by atoms with Crippen LogP contribution in [0.1, 0.15) is 48.9 Å². The zero-order valence-electron chi connectivity index (χ0n) is 16.4. The molecule has 0 amide bonds. The highest BCUT2D eigenvalue weighted by Gasteiger charge is 2.46. The zero-order valence-corrected chi connectivity index (χ0v) is 18.5. The average Bonchev–Trinajstić information content (AvgIpc) is 2.68. The Morgan fingerprint density at radius 3 is 2.53 bits per heavy atom. The standard InChI is InChI=1S/C22H24F3IN2O2/c23-16-6-5-15(20(19(16)25)28-18-7-4-14(26)10-17(18)24)21(29)13-11-22(30,12-13)8-2-1-3-9-27/h4-7,10,13,28,30H,1-3,8-9,11-12,27H2. The molecule has 0 unspecified atom stereocenters. The summed E-state index contributed by atoms with van der Waals surface area (Å²) >= 11 is 1.93. The van der Waals surface area contributed by atoms with Crippen LogP contribution in [0, 0.1) is 26.9 Å². The van der Waals surface area contributed by atoms with E-state index in [9.17, 15) is 23.1 Å². The highest BCUT2D eigenvalue weighted by Crippen LogP contribution is 2.44. The highest BCUT2D eigenvalue weighted by molar-refractivity contribution is 14.1. The van der Waals surface area contributed by atoms with Gasteiger partial charge in [0.1, 0.15) is 5.82 Å². The number of carbonyl (C=O) groups excluding carboxylic acids is 1. The summed E-state index contributed by atoms with van der Waals surface area (Å²) in [7, 11) is 0. The van der Waals surface area contributed by atoms with Crippen LogP contribution in [-0.4, -0.2) is 23.0 Å². The van der Waals surface area contributed by atoms with Crippen molar-refractivity contribution < 1.29 is 23.1 Å². The molecule has 30 heavy (non-hydrogen) atoms. The lowest BCUT2D eigenvalue weighted by molar-refractivity contribution is -0.0700. The van der Waals surface area contributed by atoms with Crippen LogP contribution in [0.2, 0.25) is 0 Å². The van der Waals surface area contributed by atoms with Crippen LogP contribution in [0.25, 0.3) is 0 Å². The molecule has 0 heterocycles. The number of nitrogens with one attached hydrogen (secondary N) is 1. The Balaban J connectivity index is 1.76. The first-order valence-corrected chi connectivity index (χ1v) is 11.0. The molecule has 2 aromatic rings. The topological polar surface area (TPSA) is 75.3 Å². The number of benzene rings is 2. The summed E-state index contributed by atoms with van der Waals surface area (Å²) in [6, 6.07) is 6.35. The maximum Gasteiger partial charge on any atom is 0.182 e. The average molecular weight is 532 g/mol. The number of hydrogen-bond donors (Lipinski definition) is 3. The Morgan fingerprint density at radius 2 is 1.87 bits per heavy atom. The van der Waals surface area contributed by atoms with Crippen molar-refractivity contribution in [2.75, 3.05) is 11.9 Å². The molecule has 1 fully saturated rings. The van der Waals surface area contributed by atoms with Crippen LogP contribution in [0.3, 0.4) is 0 Å². The maximum absolute atomic E-state index is 14.5. The van der Waals surface area contributed by atoms with Gasteiger partial charge in [-0.15, -0.1) is 0 Å². The van der Waals surface area contributed by atoms with Crippen molar-refractivity contribution in [3.63, 3.8) is 0 Å². The number of Topliss-reactive ketones (excluding diaryl/α,β-unsaturated/α-hetero) is 1. The third kappa shape index (κ3) is 5.15. The van der Waals surface area contributed by atoms with Crippen LogP contribution in [0.15, 0.2) is 30.3 Å². The minimum Gasteiger partial charge on any atom is -0.390 e. The molecule has 0 bridgehead atoms. The second kappa shape index (κ2) is 9.65. The third-order valence-corrected chi connectivity index (χ3v) is 6.19. The van der Waals surface area contributed by atoms with E-state index in [1.807, 2.05) is 22.6 Å². The van der Waals surface area contributed by atoms with Gasteiger partial charge in [0.25, 0.3) is 0 Å². The summed E-state index contributed by atoms with van der Waals surface area (Å²) in [6.07, 6.45) is 3.73. The Bertz CT molecular complexity index is 933. The van der Waals surface area contributed by atoms with Gasteiger partial charge in [0.2, 0.25) is 0 Å². The molecule has 1 saturated carbocycles. The van der Waals surface area contributed by atoms with Gasteiger partial charge in [0, 0.05) is 15.1 Å². The molecule has 0 spiro atoms. The minimum atomic E-state index is -1.24. The van der Waals surface area contributed by atoms with E-state index in [0.717, 1.165) is 25.3 Å². The van der Waals surface area contributed by atoms with Gasteiger partial charge < -0.3 is 16.2 Å². The van der Waals surface area contributed by atoms with Crippen molar-refractivity contribution in [3.8, 4) is 0 Å². The molecular weight excluding hydrogens is 508 g/mol. The lowest BCUT2D eigenvalue weighted by Gasteiger charge is -2.43. The summed E-state index contributed by atoms with van der Waals surface area (Å²) in [5.74, 6) is -3.90. The number of carbonyl (C=O) groups is 1. The van der Waals surface area contributed by atoms with Crippen LogP contribution < -0.4 is 11.1 Å². The van der Waals surface area contributed by atoms with Crippen molar-refractivity contribution in [2.24, 2.45) is 11.7 Å². The van der Waals surface area contributed by atoms with E-state index in [-0.39, 0.29) is 24.1 Å². The minimum absolute atomic E-state index is 0.0537. The number of halogens is 4. The van der Waals surface area contributed by atoms with Gasteiger partial charge in [-0.3, -0.25) is 4.79 Å². The molecule has 4 nitrogen and oxygen atoms in total. The van der Waals surface area contributed by atoms with Crippen molar-refractivity contribution in [1.82, 2.24) is 0 Å². The van der Waals surface area contributed by atoms with Crippen molar-refractivity contribution in [2.45, 2.75) is 44.1 Å². The van der Waals surface area contributed by atoms with Crippen LogP contribution in [0.4, 0.5) is 24.5 Å². The predicted molar refractivity (Wildman–Crippen MR) is 118 cm³/mol. The molecule has 0 aromatic heterocycles. The number of aliphatic hydroxyl groups is 1. The quantitative estimate of drug-likeness (QED) is 0.233. The fourth-order valence-corrected chi connectivity index (χ4v) is 4.30. The molecule has 0 aliphatic heterocycles. The first kappa shape index (κ1) is 23.0. The van der Waals surface area contributed by atoms with Crippen LogP contribution in [-0.2, 0) is 0 Å². The van der Waals surface area contributed by atoms with E-state index in [4.69, 9.17) is 5.73 Å². The third-order valence-electron chi connectivity index (χ3n) is 5.52. The Labute approximate surface area is 187 Å². The zero-order chi connectivity index (χ0) is 21.9. The summed E-state index contributed by atoms with van der Waals surface area (Å²) < 4.78 is 43.2. The molecule has 0 saturated heterocycles. The van der Waals surface area contributed by atoms with E-state index in [2.05, 4.69) is 5.32 Å². The molecule has 2 aromatic carbocycles. The lowest BCUT2D eigenvalue weighted by atomic mass is 9.66. The number of ketones is 1. The first-order chi connectivity index (χ1) is 14.2. The molecular formula is C22H24F3IN2O2. The number of hydrogen-bond acceptors (Lipinski definition) is 4. The molecule has 1 aliphatic rings. The number of unbranched alkanes of at least 4 members (excludes halogenated alkanes) is 2. The van der Waals surface area contributed by atoms with E-state index in [0.29, 0.717) is 16.5 Å². The molecule has 1 aliphatic carbocycles. The summed E-state index contributed by atoms with van der Waals surface area (Å²) in [5.41, 5.74) is 4.05. The van der Waals surface area contributed by atoms with Gasteiger partial charge in [0.15, 0.2) is 17.4 Å². The fraction of sp³-hybridized carbons (Fsp3) is 0.409. The van der Waals surface area contributed by atoms with Crippen molar-refractivity contribution in [1.29, 1.82) is 0 Å². The van der Waals surface area contributed by atoms with Gasteiger partial charge in [-0.25, -0.2) is 13.2 Å². The Morgan fingerprint density at radius 1 is 1.13 bits per heavy atom. The van der Waals surface area contributed by atoms with Gasteiger partial charge >= 0.3 is 0 Å². The van der Waals surface area contributed by atoms with Crippen LogP contribution >= 0.6 is 22.6 Å². The van der Waals surface area contributed by atoms with Gasteiger partial charge in [0.05, 0.1) is 17.0 Å². The molecule has 8 heteroatoms. The summed E-state index contributed by atoms with van der Waals surface area (Å²) in [6.45, 7) is 0.604. The predicted octanol–water partition coefficient (Wildman–Crippen LogP) is 5.30. The van der Waals surface area contributed by atoms with Gasteiger partial charge in [-0.05, 0) is 85.2 Å². The van der Waals surface area contributed by atoms with Crippen molar-refractivity contribution in [3.05, 3.63) is 56.9 Å². The first-order valence-electron chi connectivity index (χ1n) is 9.91. The monoisotopic (exact) mass is 532 g/mol. The van der Waals surface area contributed by atoms with E-state index < -0.39 is 40.4 Å². The fourth-order valence-electron chi connectivity index (χ4n) is 3.85. The summed E-state index contributed by atoms with van der Waals surface area (Å²) in [4.78, 5) is 13.0. The Hall–Kier alpha value is -1.65. The largest absolute Gasteiger partial charge is 0.390 e. The SMILES string of the molecule is NCCCCCC1(O)CC(C(=O)c2ccc(F)c(F)c2Nc2ccc(I)cc2F)C1. The smallest absolute Gasteiger partial charge is 0.182 e. The molecule has 0 atom stereocenters.